The molecule has 98 valence electrons. The zero-order valence-corrected chi connectivity index (χ0v) is 10.2. The number of carbonyl (C=O) groups is 1. The van der Waals surface area contributed by atoms with Crippen molar-refractivity contribution in [2.45, 2.75) is 25.3 Å². The standard InChI is InChI=1S/C6H14N2O2.Fe.H2O4S/c7-4-2-1-3-5(8)6(9)10;;1-5(2,3)4/h5H,1-4,7-8H2,(H,9,10);;(H2,1,2,3,4)/q;+2;/p-2. The fourth-order valence-corrected chi connectivity index (χ4v) is 0.632. The Hall–Kier alpha value is -0.221. The third-order valence-electron chi connectivity index (χ3n) is 1.29. The van der Waals surface area contributed by atoms with E-state index < -0.39 is 22.4 Å². The van der Waals surface area contributed by atoms with E-state index in [0.717, 1.165) is 12.8 Å². The predicted octanol–water partition coefficient (Wildman–Crippen LogP) is -1.81. The van der Waals surface area contributed by atoms with Crippen LogP contribution in [-0.2, 0) is 32.3 Å². The Morgan fingerprint density at radius 2 is 1.69 bits per heavy atom. The van der Waals surface area contributed by atoms with Gasteiger partial charge in [0, 0.05) is 10.4 Å². The molecule has 0 radical (unpaired) electrons. The molecule has 0 fully saturated rings. The SMILES string of the molecule is NCCCCC(N)C(=O)O.O=S(=O)([O-])[O-].[Fe+2]. The summed E-state index contributed by atoms with van der Waals surface area (Å²) in [6.45, 7) is 0.604. The van der Waals surface area contributed by atoms with Crippen LogP contribution in [0.5, 0.6) is 0 Å². The van der Waals surface area contributed by atoms with Gasteiger partial charge in [-0.1, -0.05) is 6.42 Å². The maximum Gasteiger partial charge on any atom is 2.00 e. The van der Waals surface area contributed by atoms with Crippen molar-refractivity contribution >= 4 is 16.4 Å². The molecular weight excluding hydrogens is 284 g/mol. The van der Waals surface area contributed by atoms with Gasteiger partial charge in [0.15, 0.2) is 0 Å². The Kier molecular flexibility index (Phi) is 14.9. The number of carboxylic acid groups (broad SMARTS) is 1. The van der Waals surface area contributed by atoms with E-state index in [1.54, 1.807) is 0 Å². The molecule has 8 nitrogen and oxygen atoms in total. The maximum atomic E-state index is 10.1. The zero-order valence-electron chi connectivity index (χ0n) is 8.31. The number of nitrogens with two attached hydrogens (primary N) is 2. The number of unbranched alkanes of at least 4 members (excludes halogenated alkanes) is 1. The average Bonchev–Trinajstić information content (AvgIpc) is 2.01. The third kappa shape index (κ3) is 29.2. The van der Waals surface area contributed by atoms with E-state index in [1.807, 2.05) is 0 Å². The fourth-order valence-electron chi connectivity index (χ4n) is 0.632. The van der Waals surface area contributed by atoms with Crippen LogP contribution >= 0.6 is 0 Å². The minimum atomic E-state index is -5.17. The zero-order chi connectivity index (χ0) is 12.5. The van der Waals surface area contributed by atoms with Crippen LogP contribution in [0.2, 0.25) is 0 Å². The summed E-state index contributed by atoms with van der Waals surface area (Å²) in [5, 5.41) is 8.33. The van der Waals surface area contributed by atoms with E-state index in [-0.39, 0.29) is 17.1 Å². The molecule has 0 aliphatic carbocycles. The number of carboxylic acids is 1. The van der Waals surface area contributed by atoms with Gasteiger partial charge in [0.2, 0.25) is 0 Å². The molecule has 0 aliphatic heterocycles. The Bertz CT molecular complexity index is 262. The van der Waals surface area contributed by atoms with Crippen LogP contribution in [0.25, 0.3) is 0 Å². The van der Waals surface area contributed by atoms with Crippen LogP contribution in [-0.4, -0.2) is 41.2 Å². The first-order valence-electron chi connectivity index (χ1n) is 4.03. The Morgan fingerprint density at radius 1 is 1.31 bits per heavy atom. The van der Waals surface area contributed by atoms with Crippen LogP contribution in [0.15, 0.2) is 0 Å². The van der Waals surface area contributed by atoms with Crippen molar-refractivity contribution in [2.24, 2.45) is 11.5 Å². The number of aliphatic carboxylic acids is 1. The molecule has 1 unspecified atom stereocenters. The summed E-state index contributed by atoms with van der Waals surface area (Å²) in [6, 6.07) is -0.716. The van der Waals surface area contributed by atoms with Crippen LogP contribution in [0, 0.1) is 0 Å². The molecule has 0 rings (SSSR count). The van der Waals surface area contributed by atoms with Crippen LogP contribution in [0.4, 0.5) is 0 Å². The van der Waals surface area contributed by atoms with Crippen LogP contribution in [0.3, 0.4) is 0 Å². The summed E-state index contributed by atoms with van der Waals surface area (Å²) in [5.74, 6) is -0.933. The molecule has 0 bridgehead atoms. The van der Waals surface area contributed by atoms with Crippen LogP contribution in [0.1, 0.15) is 19.3 Å². The second-order valence-corrected chi connectivity index (χ2v) is 3.45. The van der Waals surface area contributed by atoms with Crippen molar-refractivity contribution in [3.63, 3.8) is 0 Å². The quantitative estimate of drug-likeness (QED) is 0.230. The molecule has 0 amide bonds. The van der Waals surface area contributed by atoms with Crippen molar-refractivity contribution < 1.29 is 44.5 Å². The number of rotatable bonds is 5. The van der Waals surface area contributed by atoms with Crippen LogP contribution < -0.4 is 11.5 Å². The van der Waals surface area contributed by atoms with Crippen molar-refractivity contribution in [3.8, 4) is 0 Å². The molecule has 0 aromatic carbocycles. The summed E-state index contributed by atoms with van der Waals surface area (Å²) in [7, 11) is -5.17. The average molecular weight is 298 g/mol. The molecule has 0 saturated carbocycles. The van der Waals surface area contributed by atoms with E-state index in [1.165, 1.54) is 0 Å². The molecule has 0 saturated heterocycles. The van der Waals surface area contributed by atoms with E-state index in [9.17, 15) is 4.79 Å². The molecule has 0 aromatic rings. The number of hydrogen-bond donors (Lipinski definition) is 3. The molecule has 1 atom stereocenters. The first kappa shape index (κ1) is 21.1. The summed E-state index contributed by atoms with van der Waals surface area (Å²) in [6.07, 6.45) is 2.16. The van der Waals surface area contributed by atoms with Gasteiger partial charge in [-0.25, -0.2) is 0 Å². The summed E-state index contributed by atoms with van der Waals surface area (Å²) >= 11 is 0. The summed E-state index contributed by atoms with van der Waals surface area (Å²) < 4.78 is 34.1. The van der Waals surface area contributed by atoms with Gasteiger partial charge in [0.05, 0.1) is 0 Å². The smallest absolute Gasteiger partial charge is 0.759 e. The van der Waals surface area contributed by atoms with Gasteiger partial charge in [-0.3, -0.25) is 13.2 Å². The van der Waals surface area contributed by atoms with E-state index in [2.05, 4.69) is 0 Å². The minimum Gasteiger partial charge on any atom is -0.759 e. The van der Waals surface area contributed by atoms with E-state index >= 15 is 0 Å². The maximum absolute atomic E-state index is 10.1. The van der Waals surface area contributed by atoms with Crippen molar-refractivity contribution in [1.82, 2.24) is 0 Å². The molecule has 0 aromatic heterocycles. The van der Waals surface area contributed by atoms with Crippen molar-refractivity contribution in [1.29, 1.82) is 0 Å². The first-order valence-corrected chi connectivity index (χ1v) is 5.37. The van der Waals surface area contributed by atoms with Gasteiger partial charge in [-0.05, 0) is 19.4 Å². The fraction of sp³-hybridized carbons (Fsp3) is 0.833. The van der Waals surface area contributed by atoms with E-state index in [0.29, 0.717) is 13.0 Å². The molecular formula is C6H14FeN2O6S. The monoisotopic (exact) mass is 298 g/mol. The van der Waals surface area contributed by atoms with Crippen molar-refractivity contribution in [3.05, 3.63) is 0 Å². The Balaban J connectivity index is -0.000000242. The largest absolute Gasteiger partial charge is 2.00 e. The topological polar surface area (TPSA) is 170 Å². The molecule has 16 heavy (non-hydrogen) atoms. The number of hydrogen-bond acceptors (Lipinski definition) is 7. The van der Waals surface area contributed by atoms with Gasteiger partial charge >= 0.3 is 23.0 Å². The summed E-state index contributed by atoms with van der Waals surface area (Å²) in [4.78, 5) is 10.1. The molecule has 5 N–H and O–H groups in total. The molecule has 10 heteroatoms. The second-order valence-electron chi connectivity index (χ2n) is 2.64. The third-order valence-corrected chi connectivity index (χ3v) is 1.29. The van der Waals surface area contributed by atoms with E-state index in [4.69, 9.17) is 34.1 Å². The van der Waals surface area contributed by atoms with Gasteiger partial charge in [-0.15, -0.1) is 0 Å². The minimum absolute atomic E-state index is 0. The molecule has 0 spiro atoms. The van der Waals surface area contributed by atoms with Gasteiger partial charge in [0.25, 0.3) is 0 Å². The Labute approximate surface area is 104 Å². The van der Waals surface area contributed by atoms with Gasteiger partial charge in [0.1, 0.15) is 6.04 Å². The van der Waals surface area contributed by atoms with Crippen molar-refractivity contribution in [2.75, 3.05) is 6.54 Å². The normalized spacial score (nSPS) is 11.8. The first-order chi connectivity index (χ1) is 6.68. The molecule has 0 aliphatic rings. The summed E-state index contributed by atoms with van der Waals surface area (Å²) in [5.41, 5.74) is 10.4. The predicted molar refractivity (Wildman–Crippen MR) is 49.0 cm³/mol. The van der Waals surface area contributed by atoms with Gasteiger partial charge < -0.3 is 25.7 Å². The molecule has 0 heterocycles. The Morgan fingerprint density at radius 3 is 1.94 bits per heavy atom. The second kappa shape index (κ2) is 11.3. The van der Waals surface area contributed by atoms with Gasteiger partial charge in [-0.2, -0.15) is 0 Å².